The standard InChI is InChI=1S/C80H77N4OS.Pt/c1-76(2,3)53-34-30-50(31-35-53)59-23-20-24-60(51-32-36-54(37-33-51)77(4,5)6)74(59)83-49-82(66-27-17-18-28-67(66)83)56-44-52(72-64(79(10,11)12)25-21-26-65(72)80(13,14)15)45-58(47-56)85-57-38-39-63-69(48-57)84(71-46-55(42-43-81-71)78(7,8)9)68-41-40-62-61-22-16-19-29-70(61)86-75(62)73(63)68;/h16-46,49H,1-15H3;/q-3;. The molecule has 1 aliphatic heterocycles. The molecule has 9 aromatic carbocycles. The fourth-order valence-corrected chi connectivity index (χ4v) is 13.9. The number of rotatable bonds is 8. The Kier molecular flexibility index (Phi) is 14.9. The Balaban J connectivity index is 0.00000739. The Hall–Kier alpha value is -7.76. The van der Waals surface area contributed by atoms with Gasteiger partial charge in [-0.2, -0.15) is 6.07 Å². The van der Waals surface area contributed by atoms with Crippen molar-refractivity contribution in [1.29, 1.82) is 0 Å². The molecule has 1 aliphatic rings. The van der Waals surface area contributed by atoms with E-state index in [1.54, 1.807) is 0 Å². The molecule has 5 nitrogen and oxygen atoms in total. The van der Waals surface area contributed by atoms with Crippen molar-refractivity contribution in [3.8, 4) is 50.7 Å². The van der Waals surface area contributed by atoms with Crippen LogP contribution in [0.1, 0.15) is 132 Å². The van der Waals surface area contributed by atoms with Gasteiger partial charge in [-0.15, -0.1) is 65.0 Å². The number of hydrogen-bond acceptors (Lipinski definition) is 5. The Morgan fingerprint density at radius 3 is 1.62 bits per heavy atom. The van der Waals surface area contributed by atoms with Gasteiger partial charge in [0.2, 0.25) is 0 Å². The fraction of sp³-hybridized carbons (Fsp3) is 0.250. The first-order chi connectivity index (χ1) is 40.8. The third kappa shape index (κ3) is 10.9. The first kappa shape index (κ1) is 59.6. The molecule has 7 heteroatoms. The number of para-hydroxylation sites is 3. The number of pyridine rings is 1. The van der Waals surface area contributed by atoms with E-state index in [0.717, 1.165) is 72.8 Å². The summed E-state index contributed by atoms with van der Waals surface area (Å²) in [6.07, 6.45) is 1.94. The van der Waals surface area contributed by atoms with Gasteiger partial charge in [0.05, 0.1) is 0 Å². The first-order valence-corrected chi connectivity index (χ1v) is 31.2. The molecule has 0 radical (unpaired) electrons. The summed E-state index contributed by atoms with van der Waals surface area (Å²) < 4.78 is 12.1. The molecule has 3 aromatic heterocycles. The fourth-order valence-electron chi connectivity index (χ4n) is 12.6. The molecule has 0 spiro atoms. The van der Waals surface area contributed by atoms with E-state index in [9.17, 15) is 0 Å². The Bertz CT molecular complexity index is 4500. The second-order valence-corrected chi connectivity index (χ2v) is 29.7. The molecule has 0 saturated carbocycles. The van der Waals surface area contributed by atoms with Crippen LogP contribution in [0.2, 0.25) is 0 Å². The topological polar surface area (TPSA) is 33.5 Å². The van der Waals surface area contributed by atoms with E-state index in [0.29, 0.717) is 11.5 Å². The van der Waals surface area contributed by atoms with Crippen LogP contribution in [-0.4, -0.2) is 9.55 Å². The SMILES string of the molecule is CC(C)(C)c1ccc(-c2cccc(-c3ccc(C(C)(C)C)cc3)c2N2[CH-]N(c3[c-]c(Oc4[c-]c5c(cc4)c4c6sc7ccccc7c6ccc4n5-c4cc(C(C)(C)C)ccn4)cc(-c4c(C(C)(C)C)cccc4C(C)(C)C)c3)c3ccccc32)cc1.[Pt]. The van der Waals surface area contributed by atoms with Crippen LogP contribution in [-0.2, 0) is 48.1 Å². The van der Waals surface area contributed by atoms with Crippen LogP contribution >= 0.6 is 11.3 Å². The minimum absolute atomic E-state index is 0. The summed E-state index contributed by atoms with van der Waals surface area (Å²) in [7, 11) is 0. The van der Waals surface area contributed by atoms with Crippen molar-refractivity contribution in [3.05, 3.63) is 235 Å². The van der Waals surface area contributed by atoms with Crippen LogP contribution in [0.5, 0.6) is 11.5 Å². The first-order valence-electron chi connectivity index (χ1n) is 30.3. The normalized spacial score (nSPS) is 13.3. The van der Waals surface area contributed by atoms with E-state index in [1.165, 1.54) is 58.9 Å². The quantitative estimate of drug-likeness (QED) is 0.142. The number of ether oxygens (including phenoxy) is 1. The van der Waals surface area contributed by atoms with Crippen LogP contribution in [0.15, 0.2) is 188 Å². The summed E-state index contributed by atoms with van der Waals surface area (Å²) >= 11 is 1.85. The average molecular weight is 1340 g/mol. The number of nitrogens with zero attached hydrogens (tertiary/aromatic N) is 4. The third-order valence-electron chi connectivity index (χ3n) is 17.3. The second-order valence-electron chi connectivity index (χ2n) is 28.7. The maximum absolute atomic E-state index is 7.32. The molecule has 0 saturated heterocycles. The number of benzene rings is 9. The van der Waals surface area contributed by atoms with Crippen LogP contribution < -0.4 is 14.5 Å². The van der Waals surface area contributed by atoms with Crippen molar-refractivity contribution >= 4 is 76.1 Å². The molecule has 0 bridgehead atoms. The summed E-state index contributed by atoms with van der Waals surface area (Å²) in [5, 5.41) is 4.80. The molecule has 0 atom stereocenters. The number of aromatic nitrogens is 2. The van der Waals surface area contributed by atoms with E-state index in [4.69, 9.17) is 9.72 Å². The van der Waals surface area contributed by atoms with E-state index >= 15 is 0 Å². The van der Waals surface area contributed by atoms with Gasteiger partial charge >= 0.3 is 0 Å². The Morgan fingerprint density at radius 1 is 0.460 bits per heavy atom. The van der Waals surface area contributed by atoms with Crippen molar-refractivity contribution in [3.63, 3.8) is 0 Å². The van der Waals surface area contributed by atoms with E-state index in [-0.39, 0.29) is 48.1 Å². The zero-order chi connectivity index (χ0) is 60.4. The van der Waals surface area contributed by atoms with Crippen molar-refractivity contribution in [2.24, 2.45) is 0 Å². The van der Waals surface area contributed by atoms with Gasteiger partial charge in [0, 0.05) is 92.6 Å². The number of hydrogen-bond donors (Lipinski definition) is 0. The maximum Gasteiger partial charge on any atom is 0.135 e. The van der Waals surface area contributed by atoms with Crippen LogP contribution in [0.25, 0.3) is 81.2 Å². The average Bonchev–Trinajstić information content (AvgIpc) is 1.63. The molecule has 0 amide bonds. The van der Waals surface area contributed by atoms with Crippen LogP contribution in [0.3, 0.4) is 0 Å². The minimum atomic E-state index is -0.179. The van der Waals surface area contributed by atoms with Gasteiger partial charge in [0.25, 0.3) is 0 Å². The summed E-state index contributed by atoms with van der Waals surface area (Å²) in [6.45, 7) is 36.6. The van der Waals surface area contributed by atoms with Gasteiger partial charge in [-0.25, -0.2) is 4.98 Å². The smallest absolute Gasteiger partial charge is 0.135 e. The molecular weight excluding hydrogens is 1260 g/mol. The molecule has 12 aromatic rings. The molecule has 87 heavy (non-hydrogen) atoms. The summed E-state index contributed by atoms with van der Waals surface area (Å²) in [4.78, 5) is 9.80. The zero-order valence-corrected chi connectivity index (χ0v) is 56.0. The largest absolute Gasteiger partial charge is 0.509 e. The van der Waals surface area contributed by atoms with Gasteiger partial charge in [0.15, 0.2) is 0 Å². The Morgan fingerprint density at radius 2 is 1.02 bits per heavy atom. The van der Waals surface area contributed by atoms with Gasteiger partial charge in [0.1, 0.15) is 5.82 Å². The number of anilines is 4. The van der Waals surface area contributed by atoms with Gasteiger partial charge < -0.3 is 19.1 Å². The number of thiophene rings is 1. The molecular formula is C80H77N4OPtS-3. The molecule has 0 unspecified atom stereocenters. The van der Waals surface area contributed by atoms with Crippen molar-refractivity contribution in [1.82, 2.24) is 9.55 Å². The summed E-state index contributed by atoms with van der Waals surface area (Å²) in [5.74, 6) is 2.01. The molecule has 0 fully saturated rings. The van der Waals surface area contributed by atoms with Crippen LogP contribution in [0.4, 0.5) is 22.7 Å². The Labute approximate surface area is 534 Å². The van der Waals surface area contributed by atoms with Gasteiger partial charge in [-0.3, -0.25) is 0 Å². The molecule has 0 aliphatic carbocycles. The predicted molar refractivity (Wildman–Crippen MR) is 367 cm³/mol. The molecule has 0 N–H and O–H groups in total. The van der Waals surface area contributed by atoms with Crippen LogP contribution in [0, 0.1) is 18.8 Å². The molecule has 4 heterocycles. The molecule has 13 rings (SSSR count). The molecule has 442 valence electrons. The van der Waals surface area contributed by atoms with Crippen molar-refractivity contribution in [2.45, 2.75) is 131 Å². The predicted octanol–water partition coefficient (Wildman–Crippen LogP) is 22.8. The maximum atomic E-state index is 7.32. The summed E-state index contributed by atoms with van der Waals surface area (Å²) in [6, 6.07) is 75.0. The second kappa shape index (κ2) is 21.8. The van der Waals surface area contributed by atoms with Crippen molar-refractivity contribution < 1.29 is 25.8 Å². The third-order valence-corrected chi connectivity index (χ3v) is 18.5. The van der Waals surface area contributed by atoms with E-state index < -0.39 is 0 Å². The number of fused-ring (bicyclic) bond motifs is 8. The van der Waals surface area contributed by atoms with Gasteiger partial charge in [-0.1, -0.05) is 231 Å². The minimum Gasteiger partial charge on any atom is -0.509 e. The van der Waals surface area contributed by atoms with E-state index in [1.807, 2.05) is 17.5 Å². The zero-order valence-electron chi connectivity index (χ0n) is 52.9. The monoisotopic (exact) mass is 1340 g/mol. The summed E-state index contributed by atoms with van der Waals surface area (Å²) in [5.41, 5.74) is 18.8. The van der Waals surface area contributed by atoms with Gasteiger partial charge in [-0.05, 0) is 113 Å². The van der Waals surface area contributed by atoms with Crippen molar-refractivity contribution in [2.75, 3.05) is 9.80 Å². The van der Waals surface area contributed by atoms with E-state index in [2.05, 4.69) is 319 Å².